The summed E-state index contributed by atoms with van der Waals surface area (Å²) in [6, 6.07) is 5.48. The third-order valence-corrected chi connectivity index (χ3v) is 5.58. The maximum absolute atomic E-state index is 12.8. The highest BCUT2D eigenvalue weighted by Crippen LogP contribution is 2.32. The quantitative estimate of drug-likeness (QED) is 0.480. The molecule has 1 N–H and O–H groups in total. The van der Waals surface area contributed by atoms with Gasteiger partial charge in [-0.1, -0.05) is 6.92 Å². The Bertz CT molecular complexity index is 1230. The molecule has 0 amide bonds. The molecule has 30 heavy (non-hydrogen) atoms. The largest absolute Gasteiger partial charge is 0.389 e. The lowest BCUT2D eigenvalue weighted by atomic mass is 9.90. The Labute approximate surface area is 170 Å². The smallest absolute Gasteiger partial charge is 0.345 e. The van der Waals surface area contributed by atoms with E-state index in [2.05, 4.69) is 19.9 Å². The van der Waals surface area contributed by atoms with Crippen LogP contribution in [-0.2, 0) is 10.3 Å². The van der Waals surface area contributed by atoms with Crippen LogP contribution in [0.5, 0.6) is 0 Å². The summed E-state index contributed by atoms with van der Waals surface area (Å²) in [6.07, 6.45) is 1.04. The molecule has 0 aliphatic carbocycles. The van der Waals surface area contributed by atoms with Gasteiger partial charge >= 0.3 is 6.18 Å². The van der Waals surface area contributed by atoms with Crippen molar-refractivity contribution in [1.82, 2.24) is 24.5 Å². The molecule has 1 unspecified atom stereocenters. The maximum atomic E-state index is 12.8. The number of ketones is 1. The molecule has 0 aromatic carbocycles. The van der Waals surface area contributed by atoms with Crippen LogP contribution in [0, 0.1) is 0 Å². The first-order chi connectivity index (χ1) is 14.2. The zero-order valence-corrected chi connectivity index (χ0v) is 16.5. The lowest BCUT2D eigenvalue weighted by Crippen LogP contribution is -2.38. The summed E-state index contributed by atoms with van der Waals surface area (Å²) in [4.78, 5) is 29.2. The first-order valence-electron chi connectivity index (χ1n) is 9.60. The number of Topliss-reactive ketones (excluding diaryl/α,β-unsaturated/α-hetero) is 1. The molecule has 4 heterocycles. The minimum Gasteiger partial charge on any atom is -0.345 e. The SMILES string of the molecule is CCC(C)(C(=O)CCC(F)(F)F)n1ccc2cnc(-c3c[nH]c4ncccc34)nc21. The predicted octanol–water partition coefficient (Wildman–Crippen LogP) is 5.01. The van der Waals surface area contributed by atoms with Gasteiger partial charge in [0.2, 0.25) is 0 Å². The van der Waals surface area contributed by atoms with Gasteiger partial charge in [-0.3, -0.25) is 4.79 Å². The standard InChI is InChI=1S/C21H20F3N5O/c1-3-20(2,16(30)6-8-21(22,23)24)29-10-7-13-11-26-18(28-19(13)29)15-12-27-17-14(15)5-4-9-25-17/h4-5,7,9-12H,3,6,8H2,1-2H3,(H,25,27). The minimum atomic E-state index is -4.37. The molecule has 0 saturated carbocycles. The second-order valence-corrected chi connectivity index (χ2v) is 7.43. The average Bonchev–Trinajstić information content (AvgIpc) is 3.34. The van der Waals surface area contributed by atoms with Crippen molar-refractivity contribution in [2.24, 2.45) is 0 Å². The Morgan fingerprint density at radius 2 is 2.03 bits per heavy atom. The second-order valence-electron chi connectivity index (χ2n) is 7.43. The van der Waals surface area contributed by atoms with E-state index < -0.39 is 30.3 Å². The predicted molar refractivity (Wildman–Crippen MR) is 107 cm³/mol. The lowest BCUT2D eigenvalue weighted by molar-refractivity contribution is -0.146. The summed E-state index contributed by atoms with van der Waals surface area (Å²) in [5, 5.41) is 1.56. The van der Waals surface area contributed by atoms with E-state index in [1.165, 1.54) is 0 Å². The number of H-pyrrole nitrogens is 1. The highest BCUT2D eigenvalue weighted by molar-refractivity contribution is 5.93. The van der Waals surface area contributed by atoms with Crippen molar-refractivity contribution in [1.29, 1.82) is 0 Å². The molecule has 0 aliphatic rings. The molecule has 4 rings (SSSR count). The number of carbonyl (C=O) groups excluding carboxylic acids is 1. The molecule has 4 aromatic heterocycles. The zero-order valence-electron chi connectivity index (χ0n) is 16.5. The fraction of sp³-hybridized carbons (Fsp3) is 0.333. The average molecular weight is 415 g/mol. The van der Waals surface area contributed by atoms with Gasteiger partial charge in [0.25, 0.3) is 0 Å². The summed E-state index contributed by atoms with van der Waals surface area (Å²) >= 11 is 0. The summed E-state index contributed by atoms with van der Waals surface area (Å²) in [5.41, 5.74) is 0.824. The normalized spacial score (nSPS) is 14.3. The number of aromatic nitrogens is 5. The number of nitrogens with one attached hydrogen (secondary N) is 1. The van der Waals surface area contributed by atoms with E-state index in [-0.39, 0.29) is 0 Å². The molecule has 4 aromatic rings. The van der Waals surface area contributed by atoms with E-state index in [0.717, 1.165) is 10.9 Å². The third kappa shape index (κ3) is 3.44. The molecule has 1 atom stereocenters. The number of nitrogens with zero attached hydrogens (tertiary/aromatic N) is 4. The van der Waals surface area contributed by atoms with Crippen molar-refractivity contribution in [3.8, 4) is 11.4 Å². The van der Waals surface area contributed by atoms with Crippen molar-refractivity contribution >= 4 is 27.9 Å². The van der Waals surface area contributed by atoms with E-state index in [1.54, 1.807) is 49.3 Å². The fourth-order valence-corrected chi connectivity index (χ4v) is 3.61. The highest BCUT2D eigenvalue weighted by atomic mass is 19.4. The number of rotatable bonds is 6. The molecule has 6 nitrogen and oxygen atoms in total. The number of aromatic amines is 1. The van der Waals surface area contributed by atoms with Crippen LogP contribution < -0.4 is 0 Å². The van der Waals surface area contributed by atoms with Gasteiger partial charge in [-0.2, -0.15) is 13.2 Å². The van der Waals surface area contributed by atoms with Crippen molar-refractivity contribution in [2.75, 3.05) is 0 Å². The number of halogens is 3. The summed E-state index contributed by atoms with van der Waals surface area (Å²) in [7, 11) is 0. The van der Waals surface area contributed by atoms with Crippen LogP contribution in [0.4, 0.5) is 13.2 Å². The van der Waals surface area contributed by atoms with Crippen LogP contribution in [0.3, 0.4) is 0 Å². The Kier molecular flexibility index (Phi) is 4.83. The van der Waals surface area contributed by atoms with Crippen LogP contribution in [0.2, 0.25) is 0 Å². The minimum absolute atomic E-state index is 0.337. The summed E-state index contributed by atoms with van der Waals surface area (Å²) in [6.45, 7) is 3.44. The molecule has 0 radical (unpaired) electrons. The molecule has 0 fully saturated rings. The Hall–Kier alpha value is -3.23. The molecular formula is C21H20F3N5O. The van der Waals surface area contributed by atoms with Crippen molar-refractivity contribution < 1.29 is 18.0 Å². The van der Waals surface area contributed by atoms with Crippen molar-refractivity contribution in [2.45, 2.75) is 44.8 Å². The van der Waals surface area contributed by atoms with Crippen LogP contribution >= 0.6 is 0 Å². The monoisotopic (exact) mass is 415 g/mol. The first-order valence-corrected chi connectivity index (χ1v) is 9.60. The van der Waals surface area contributed by atoms with Crippen LogP contribution in [-0.4, -0.2) is 36.5 Å². The van der Waals surface area contributed by atoms with Gasteiger partial charge in [-0.05, 0) is 31.5 Å². The summed E-state index contributed by atoms with van der Waals surface area (Å²) in [5.74, 6) is -0.0285. The van der Waals surface area contributed by atoms with Crippen LogP contribution in [0.25, 0.3) is 33.5 Å². The molecular weight excluding hydrogens is 395 g/mol. The van der Waals surface area contributed by atoms with Gasteiger partial charge in [0.1, 0.15) is 16.8 Å². The zero-order chi connectivity index (χ0) is 21.5. The van der Waals surface area contributed by atoms with E-state index in [9.17, 15) is 18.0 Å². The lowest BCUT2D eigenvalue weighted by Gasteiger charge is -2.29. The van der Waals surface area contributed by atoms with Crippen LogP contribution in [0.15, 0.2) is 43.0 Å². The van der Waals surface area contributed by atoms with Gasteiger partial charge in [0, 0.05) is 47.5 Å². The van der Waals surface area contributed by atoms with Crippen molar-refractivity contribution in [3.05, 3.63) is 43.0 Å². The number of hydrogen-bond acceptors (Lipinski definition) is 4. The highest BCUT2D eigenvalue weighted by Gasteiger charge is 2.37. The topological polar surface area (TPSA) is 76.5 Å². The van der Waals surface area contributed by atoms with E-state index in [0.29, 0.717) is 28.9 Å². The second kappa shape index (κ2) is 7.23. The Morgan fingerprint density at radius 3 is 2.77 bits per heavy atom. The number of fused-ring (bicyclic) bond motifs is 2. The van der Waals surface area contributed by atoms with Crippen molar-refractivity contribution in [3.63, 3.8) is 0 Å². The molecule has 0 aliphatic heterocycles. The van der Waals surface area contributed by atoms with E-state index in [1.807, 2.05) is 12.1 Å². The first kappa shape index (κ1) is 20.1. The number of pyridine rings is 1. The fourth-order valence-electron chi connectivity index (χ4n) is 3.61. The third-order valence-electron chi connectivity index (χ3n) is 5.58. The van der Waals surface area contributed by atoms with Gasteiger partial charge in [0.15, 0.2) is 11.6 Å². The Morgan fingerprint density at radius 1 is 1.23 bits per heavy atom. The maximum Gasteiger partial charge on any atom is 0.389 e. The number of alkyl halides is 3. The van der Waals surface area contributed by atoms with Crippen LogP contribution in [0.1, 0.15) is 33.1 Å². The molecule has 9 heteroatoms. The van der Waals surface area contributed by atoms with Gasteiger partial charge in [-0.15, -0.1) is 0 Å². The molecule has 0 spiro atoms. The summed E-state index contributed by atoms with van der Waals surface area (Å²) < 4.78 is 39.6. The van der Waals surface area contributed by atoms with Gasteiger partial charge < -0.3 is 9.55 Å². The number of carbonyl (C=O) groups is 1. The van der Waals surface area contributed by atoms with E-state index >= 15 is 0 Å². The Balaban J connectivity index is 1.78. The molecule has 156 valence electrons. The number of hydrogen-bond donors (Lipinski definition) is 1. The van der Waals surface area contributed by atoms with Gasteiger partial charge in [-0.25, -0.2) is 15.0 Å². The molecule has 0 bridgehead atoms. The van der Waals surface area contributed by atoms with Gasteiger partial charge in [0.05, 0.1) is 6.42 Å². The van der Waals surface area contributed by atoms with E-state index in [4.69, 9.17) is 0 Å². The molecule has 0 saturated heterocycles.